The van der Waals surface area contributed by atoms with Crippen LogP contribution in [0.5, 0.6) is 0 Å². The molecule has 25 heavy (non-hydrogen) atoms. The number of nitrogens with one attached hydrogen (secondary N) is 1. The van der Waals surface area contributed by atoms with E-state index in [2.05, 4.69) is 5.32 Å². The quantitative estimate of drug-likeness (QED) is 0.700. The van der Waals surface area contributed by atoms with Gasteiger partial charge in [0.15, 0.2) is 5.78 Å². The third-order valence-corrected chi connectivity index (χ3v) is 4.09. The Morgan fingerprint density at radius 2 is 1.44 bits per heavy atom. The van der Waals surface area contributed by atoms with Crippen LogP contribution in [0.3, 0.4) is 0 Å². The first-order valence-corrected chi connectivity index (χ1v) is 8.13. The molecule has 0 bridgehead atoms. The van der Waals surface area contributed by atoms with Crippen molar-refractivity contribution in [2.24, 2.45) is 0 Å². The Hall–Kier alpha value is -3.20. The van der Waals surface area contributed by atoms with E-state index in [0.29, 0.717) is 22.4 Å². The van der Waals surface area contributed by atoms with Crippen molar-refractivity contribution in [2.75, 3.05) is 5.32 Å². The number of hydrogen-bond acceptors (Lipinski definition) is 2. The summed E-state index contributed by atoms with van der Waals surface area (Å²) in [6, 6.07) is 21.9. The van der Waals surface area contributed by atoms with Crippen LogP contribution in [-0.4, -0.2) is 11.7 Å². The van der Waals surface area contributed by atoms with Gasteiger partial charge >= 0.3 is 0 Å². The van der Waals surface area contributed by atoms with Crippen LogP contribution in [0.1, 0.15) is 37.4 Å². The lowest BCUT2D eigenvalue weighted by atomic mass is 9.99. The largest absolute Gasteiger partial charge is 0.321 e. The Labute approximate surface area is 147 Å². The molecule has 1 N–H and O–H groups in total. The smallest absolute Gasteiger partial charge is 0.255 e. The van der Waals surface area contributed by atoms with Crippen molar-refractivity contribution in [1.82, 2.24) is 0 Å². The van der Waals surface area contributed by atoms with Gasteiger partial charge in [-0.1, -0.05) is 60.2 Å². The number of amides is 1. The lowest BCUT2D eigenvalue weighted by Gasteiger charge is -2.12. The van der Waals surface area contributed by atoms with Gasteiger partial charge < -0.3 is 5.32 Å². The van der Waals surface area contributed by atoms with Crippen molar-refractivity contribution in [3.05, 3.63) is 101 Å². The Morgan fingerprint density at radius 1 is 0.760 bits per heavy atom. The minimum atomic E-state index is -0.218. The number of rotatable bonds is 4. The number of aryl methyl sites for hydroxylation is 2. The predicted octanol–water partition coefficient (Wildman–Crippen LogP) is 4.79. The molecule has 0 saturated heterocycles. The van der Waals surface area contributed by atoms with Crippen LogP contribution in [-0.2, 0) is 0 Å². The molecule has 0 fully saturated rings. The van der Waals surface area contributed by atoms with Crippen molar-refractivity contribution in [3.8, 4) is 0 Å². The fourth-order valence-electron chi connectivity index (χ4n) is 2.72. The van der Waals surface area contributed by atoms with Crippen LogP contribution < -0.4 is 5.32 Å². The van der Waals surface area contributed by atoms with E-state index in [-0.39, 0.29) is 11.7 Å². The Balaban J connectivity index is 1.96. The highest BCUT2D eigenvalue weighted by Crippen LogP contribution is 2.22. The van der Waals surface area contributed by atoms with Crippen molar-refractivity contribution in [2.45, 2.75) is 13.8 Å². The van der Waals surface area contributed by atoms with E-state index in [1.807, 2.05) is 62.4 Å². The van der Waals surface area contributed by atoms with Gasteiger partial charge in [0.05, 0.1) is 5.69 Å². The number of carbonyl (C=O) groups excluding carboxylic acids is 2. The fraction of sp³-hybridized carbons (Fsp3) is 0.0909. The molecule has 0 spiro atoms. The predicted molar refractivity (Wildman–Crippen MR) is 100 cm³/mol. The molecule has 0 radical (unpaired) electrons. The lowest BCUT2D eigenvalue weighted by Crippen LogP contribution is -2.16. The first-order valence-electron chi connectivity index (χ1n) is 8.13. The van der Waals surface area contributed by atoms with Gasteiger partial charge in [-0.05, 0) is 37.6 Å². The number of anilines is 1. The van der Waals surface area contributed by atoms with Crippen molar-refractivity contribution >= 4 is 17.4 Å². The van der Waals surface area contributed by atoms with Crippen molar-refractivity contribution in [3.63, 3.8) is 0 Å². The molecule has 0 aliphatic rings. The third kappa shape index (κ3) is 3.66. The van der Waals surface area contributed by atoms with E-state index in [1.165, 1.54) is 0 Å². The first-order chi connectivity index (χ1) is 12.1. The van der Waals surface area contributed by atoms with Gasteiger partial charge in [-0.25, -0.2) is 0 Å². The van der Waals surface area contributed by atoms with E-state index < -0.39 is 0 Å². The van der Waals surface area contributed by atoms with E-state index >= 15 is 0 Å². The SMILES string of the molecule is Cc1ccc(NC(=O)c2ccccc2C)c(C(=O)c2ccccc2)c1. The first kappa shape index (κ1) is 16.7. The average Bonchev–Trinajstić information content (AvgIpc) is 2.63. The highest BCUT2D eigenvalue weighted by atomic mass is 16.1. The maximum absolute atomic E-state index is 12.9. The highest BCUT2D eigenvalue weighted by molar-refractivity contribution is 6.15. The molecular formula is C22H19NO2. The molecule has 3 heteroatoms. The van der Waals surface area contributed by atoms with E-state index in [9.17, 15) is 9.59 Å². The Morgan fingerprint density at radius 3 is 2.16 bits per heavy atom. The zero-order valence-corrected chi connectivity index (χ0v) is 14.2. The molecule has 3 nitrogen and oxygen atoms in total. The fourth-order valence-corrected chi connectivity index (χ4v) is 2.72. The van der Waals surface area contributed by atoms with Gasteiger partial charge in [-0.15, -0.1) is 0 Å². The molecular weight excluding hydrogens is 310 g/mol. The van der Waals surface area contributed by atoms with Gasteiger partial charge in [-0.3, -0.25) is 9.59 Å². The Bertz CT molecular complexity index is 930. The van der Waals surface area contributed by atoms with Crippen LogP contribution >= 0.6 is 0 Å². The van der Waals surface area contributed by atoms with Gasteiger partial charge in [-0.2, -0.15) is 0 Å². The topological polar surface area (TPSA) is 46.2 Å². The number of benzene rings is 3. The summed E-state index contributed by atoms with van der Waals surface area (Å²) in [5, 5.41) is 2.89. The van der Waals surface area contributed by atoms with E-state index in [4.69, 9.17) is 0 Å². The van der Waals surface area contributed by atoms with Crippen molar-refractivity contribution < 1.29 is 9.59 Å². The van der Waals surface area contributed by atoms with E-state index in [0.717, 1.165) is 11.1 Å². The molecule has 0 heterocycles. The summed E-state index contributed by atoms with van der Waals surface area (Å²) in [5.74, 6) is -0.326. The number of carbonyl (C=O) groups is 2. The summed E-state index contributed by atoms with van der Waals surface area (Å²) in [5.41, 5.74) is 4.07. The maximum Gasteiger partial charge on any atom is 0.255 e. The third-order valence-electron chi connectivity index (χ3n) is 4.09. The zero-order valence-electron chi connectivity index (χ0n) is 14.2. The molecule has 0 unspecified atom stereocenters. The standard InChI is InChI=1S/C22H19NO2/c1-15-12-13-20(23-22(25)18-11-7-6-8-16(18)2)19(14-15)21(24)17-9-4-3-5-10-17/h3-14H,1-2H3,(H,23,25). The molecule has 3 aromatic rings. The monoisotopic (exact) mass is 329 g/mol. The molecule has 3 aromatic carbocycles. The van der Waals surface area contributed by atoms with Crippen LogP contribution in [0.2, 0.25) is 0 Å². The number of ketones is 1. The van der Waals surface area contributed by atoms with Crippen LogP contribution in [0, 0.1) is 13.8 Å². The number of hydrogen-bond donors (Lipinski definition) is 1. The molecule has 3 rings (SSSR count). The molecule has 0 aliphatic carbocycles. The molecule has 0 saturated carbocycles. The maximum atomic E-state index is 12.9. The van der Waals surface area contributed by atoms with Gasteiger partial charge in [0.25, 0.3) is 5.91 Å². The van der Waals surface area contributed by atoms with Gasteiger partial charge in [0, 0.05) is 16.7 Å². The van der Waals surface area contributed by atoms with E-state index in [1.54, 1.807) is 24.3 Å². The van der Waals surface area contributed by atoms with Gasteiger partial charge in [0.1, 0.15) is 0 Å². The minimum Gasteiger partial charge on any atom is -0.321 e. The summed E-state index contributed by atoms with van der Waals surface area (Å²) in [7, 11) is 0. The van der Waals surface area contributed by atoms with Crippen LogP contribution in [0.4, 0.5) is 5.69 Å². The highest BCUT2D eigenvalue weighted by Gasteiger charge is 2.17. The normalized spacial score (nSPS) is 10.3. The van der Waals surface area contributed by atoms with Crippen LogP contribution in [0.15, 0.2) is 72.8 Å². The molecule has 124 valence electrons. The molecule has 0 aliphatic heterocycles. The summed E-state index contributed by atoms with van der Waals surface area (Å²) in [6.07, 6.45) is 0. The second-order valence-corrected chi connectivity index (χ2v) is 6.01. The minimum absolute atomic E-state index is 0.107. The second kappa shape index (κ2) is 7.14. The molecule has 1 amide bonds. The second-order valence-electron chi connectivity index (χ2n) is 6.01. The zero-order chi connectivity index (χ0) is 17.8. The van der Waals surface area contributed by atoms with Gasteiger partial charge in [0.2, 0.25) is 0 Å². The van der Waals surface area contributed by atoms with Crippen LogP contribution in [0.25, 0.3) is 0 Å². The Kier molecular flexibility index (Phi) is 4.75. The molecule has 0 aromatic heterocycles. The lowest BCUT2D eigenvalue weighted by molar-refractivity contribution is 0.102. The van der Waals surface area contributed by atoms with Crippen molar-refractivity contribution in [1.29, 1.82) is 0 Å². The average molecular weight is 329 g/mol. The molecule has 0 atom stereocenters. The summed E-state index contributed by atoms with van der Waals surface area (Å²) < 4.78 is 0. The summed E-state index contributed by atoms with van der Waals surface area (Å²) >= 11 is 0. The summed E-state index contributed by atoms with van der Waals surface area (Å²) in [4.78, 5) is 25.5. The summed E-state index contributed by atoms with van der Waals surface area (Å²) in [6.45, 7) is 3.81.